The van der Waals surface area contributed by atoms with Crippen molar-refractivity contribution in [3.05, 3.63) is 0 Å². The van der Waals surface area contributed by atoms with E-state index in [9.17, 15) is 35.3 Å². The zero-order valence-corrected chi connectivity index (χ0v) is 31.5. The van der Waals surface area contributed by atoms with Crippen LogP contribution >= 0.6 is 0 Å². The number of hydrogen-bond donors (Lipinski definition) is 9. The molecule has 0 aromatic carbocycles. The molecular weight excluding hydrogens is 609 g/mol. The van der Waals surface area contributed by atoms with E-state index in [1.165, 1.54) is 0 Å². The number of aliphatic hydroxyl groups is 1. The molecule has 19 heteroatoms. The van der Waals surface area contributed by atoms with Crippen molar-refractivity contribution >= 4 is 42.3 Å². The number of rotatable bonds is 34. The Morgan fingerprint density at radius 3 is 1.10 bits per heavy atom. The van der Waals surface area contributed by atoms with E-state index in [4.69, 9.17) is 0 Å². The SMILES string of the molecule is CB(O)NCCCN(CCCCN(CC(CCCCCCO)CN(CCCCN(CCCNB(C)O)B(C)O)B(C)O)B(C)O)B(C)O. The number of nitrogens with one attached hydrogen (secondary N) is 2. The van der Waals surface area contributed by atoms with Crippen LogP contribution in [0.5, 0.6) is 0 Å². The van der Waals surface area contributed by atoms with Gasteiger partial charge in [0.05, 0.1) is 0 Å². The molecule has 0 aliphatic carbocycles. The predicted molar refractivity (Wildman–Crippen MR) is 207 cm³/mol. The van der Waals surface area contributed by atoms with Crippen LogP contribution in [0.3, 0.4) is 0 Å². The van der Waals surface area contributed by atoms with E-state index in [0.717, 1.165) is 123 Å². The molecule has 0 saturated heterocycles. The number of nitrogens with zero attached hydrogens (tertiary/aromatic N) is 4. The largest absolute Gasteiger partial charge is 0.437 e. The average molecular weight is 682 g/mol. The molecule has 0 radical (unpaired) electrons. The van der Waals surface area contributed by atoms with E-state index in [1.54, 1.807) is 27.3 Å². The summed E-state index contributed by atoms with van der Waals surface area (Å²) in [6, 6.07) is 0. The molecule has 278 valence electrons. The molecule has 0 rings (SSSR count). The molecule has 0 aromatic rings. The first-order valence-electron chi connectivity index (χ1n) is 18.9. The van der Waals surface area contributed by atoms with E-state index in [-0.39, 0.29) is 12.5 Å². The Morgan fingerprint density at radius 2 is 0.771 bits per heavy atom. The van der Waals surface area contributed by atoms with Gasteiger partial charge >= 0.3 is 42.3 Å². The first-order valence-corrected chi connectivity index (χ1v) is 18.9. The first-order chi connectivity index (χ1) is 22.8. The molecule has 0 saturated carbocycles. The summed E-state index contributed by atoms with van der Waals surface area (Å²) in [4.78, 5) is 8.35. The average Bonchev–Trinajstić information content (AvgIpc) is 3.00. The van der Waals surface area contributed by atoms with Crippen LogP contribution in [0.4, 0.5) is 0 Å². The summed E-state index contributed by atoms with van der Waals surface area (Å²) in [5.41, 5.74) is 0. The van der Waals surface area contributed by atoms with Crippen molar-refractivity contribution in [1.29, 1.82) is 0 Å². The van der Waals surface area contributed by atoms with Gasteiger partial charge in [-0.2, -0.15) is 0 Å². The zero-order chi connectivity index (χ0) is 36.3. The lowest BCUT2D eigenvalue weighted by Gasteiger charge is -2.33. The van der Waals surface area contributed by atoms with Crippen LogP contribution in [0.25, 0.3) is 0 Å². The molecule has 0 atom stereocenters. The van der Waals surface area contributed by atoms with Crippen molar-refractivity contribution in [1.82, 2.24) is 29.7 Å². The Kier molecular flexibility index (Phi) is 30.4. The van der Waals surface area contributed by atoms with E-state index < -0.39 is 42.3 Å². The maximum absolute atomic E-state index is 10.7. The summed E-state index contributed by atoms with van der Waals surface area (Å²) in [6.07, 6.45) is 10.1. The molecule has 0 fully saturated rings. The monoisotopic (exact) mass is 683 g/mol. The van der Waals surface area contributed by atoms with Gasteiger partial charge in [-0.15, -0.1) is 0 Å². The van der Waals surface area contributed by atoms with Gasteiger partial charge in [0.2, 0.25) is 0 Å². The van der Waals surface area contributed by atoms with Gasteiger partial charge in [-0.25, -0.2) is 0 Å². The molecule has 0 bridgehead atoms. The Labute approximate surface area is 296 Å². The van der Waals surface area contributed by atoms with Crippen LogP contribution in [0.2, 0.25) is 40.9 Å². The minimum atomic E-state index is -0.594. The molecular formula is C29H72B6N6O7. The first kappa shape index (κ1) is 47.9. The van der Waals surface area contributed by atoms with Gasteiger partial charge in [-0.05, 0) is 164 Å². The fourth-order valence-corrected chi connectivity index (χ4v) is 6.08. The van der Waals surface area contributed by atoms with E-state index in [0.29, 0.717) is 13.1 Å². The summed E-state index contributed by atoms with van der Waals surface area (Å²) in [5.74, 6) is 0.258. The number of hydrogen-bond acceptors (Lipinski definition) is 13. The van der Waals surface area contributed by atoms with Gasteiger partial charge in [0, 0.05) is 6.61 Å². The lowest BCUT2D eigenvalue weighted by Crippen LogP contribution is -2.47. The highest BCUT2D eigenvalue weighted by Crippen LogP contribution is 2.17. The third kappa shape index (κ3) is 26.6. The van der Waals surface area contributed by atoms with Crippen molar-refractivity contribution in [2.24, 2.45) is 5.92 Å². The molecule has 0 unspecified atom stereocenters. The lowest BCUT2D eigenvalue weighted by molar-refractivity contribution is 0.233. The highest BCUT2D eigenvalue weighted by Gasteiger charge is 2.25. The van der Waals surface area contributed by atoms with Crippen molar-refractivity contribution in [3.63, 3.8) is 0 Å². The van der Waals surface area contributed by atoms with Crippen LogP contribution in [0.15, 0.2) is 0 Å². The van der Waals surface area contributed by atoms with Gasteiger partial charge in [0.25, 0.3) is 0 Å². The second-order valence-electron chi connectivity index (χ2n) is 13.8. The van der Waals surface area contributed by atoms with Crippen LogP contribution in [0, 0.1) is 5.92 Å². The van der Waals surface area contributed by atoms with Crippen molar-refractivity contribution in [2.45, 2.75) is 112 Å². The third-order valence-corrected chi connectivity index (χ3v) is 9.02. The summed E-state index contributed by atoms with van der Waals surface area (Å²) in [6.45, 7) is 18.1. The third-order valence-electron chi connectivity index (χ3n) is 9.02. The van der Waals surface area contributed by atoms with E-state index in [2.05, 4.69) is 20.1 Å². The van der Waals surface area contributed by atoms with Crippen molar-refractivity contribution in [2.75, 3.05) is 72.1 Å². The van der Waals surface area contributed by atoms with Crippen LogP contribution < -0.4 is 10.5 Å². The summed E-state index contributed by atoms with van der Waals surface area (Å²) in [5, 5.41) is 75.9. The number of unbranched alkanes of at least 4 members (excludes halogenated alkanes) is 5. The molecule has 9 N–H and O–H groups in total. The second-order valence-corrected chi connectivity index (χ2v) is 13.8. The van der Waals surface area contributed by atoms with Gasteiger partial charge in [0.15, 0.2) is 0 Å². The van der Waals surface area contributed by atoms with Gasteiger partial charge in [-0.3, -0.25) is 0 Å². The summed E-state index contributed by atoms with van der Waals surface area (Å²) in [7, 11) is -3.35. The predicted octanol–water partition coefficient (Wildman–Crippen LogP) is -0.0650. The molecule has 0 aliphatic rings. The topological polar surface area (TPSA) is 179 Å². The minimum Gasteiger partial charge on any atom is -0.437 e. The highest BCUT2D eigenvalue weighted by molar-refractivity contribution is 6.46. The van der Waals surface area contributed by atoms with Gasteiger partial charge in [-0.1, -0.05) is 19.3 Å². The Balaban J connectivity index is 5.13. The fourth-order valence-electron chi connectivity index (χ4n) is 6.08. The van der Waals surface area contributed by atoms with Crippen molar-refractivity contribution < 1.29 is 35.3 Å². The zero-order valence-electron chi connectivity index (χ0n) is 31.5. The fraction of sp³-hybridized carbons (Fsp3) is 1.00. The Hall–Kier alpha value is -0.130. The van der Waals surface area contributed by atoms with Crippen LogP contribution in [-0.2, 0) is 0 Å². The quantitative estimate of drug-likeness (QED) is 0.0326. The summed E-state index contributed by atoms with van der Waals surface area (Å²) >= 11 is 0. The van der Waals surface area contributed by atoms with Crippen LogP contribution in [-0.4, -0.2) is 169 Å². The smallest absolute Gasteiger partial charge is 0.376 e. The molecule has 0 heterocycles. The maximum atomic E-state index is 10.7. The molecule has 0 amide bonds. The van der Waals surface area contributed by atoms with Crippen molar-refractivity contribution in [3.8, 4) is 0 Å². The van der Waals surface area contributed by atoms with Gasteiger partial charge in [0.1, 0.15) is 0 Å². The summed E-state index contributed by atoms with van der Waals surface area (Å²) < 4.78 is 0. The second kappa shape index (κ2) is 30.5. The normalized spacial score (nSPS) is 11.9. The Bertz CT molecular complexity index is 679. The molecule has 0 spiro atoms. The van der Waals surface area contributed by atoms with E-state index in [1.807, 2.05) is 23.3 Å². The minimum absolute atomic E-state index is 0.214. The highest BCUT2D eigenvalue weighted by atomic mass is 16.3. The lowest BCUT2D eigenvalue weighted by atomic mass is 9.80. The maximum Gasteiger partial charge on any atom is 0.376 e. The standard InChI is InChI=1S/C29H72B6N6O7/c1-30(43)36-18-15-24-38(32(3)45)20-10-12-22-40(34(5)47)27-29(17-9-7-8-14-26-42)28-41(35(6)48)23-13-11-21-39(33(4)46)25-16-19-37-31(2)44/h29,36-37,42-48H,7-28H2,1-6H3. The number of aliphatic hydroxyl groups excluding tert-OH is 1. The molecule has 13 nitrogen and oxygen atoms in total. The molecule has 0 aliphatic heterocycles. The van der Waals surface area contributed by atoms with E-state index >= 15 is 0 Å². The Morgan fingerprint density at radius 1 is 0.438 bits per heavy atom. The van der Waals surface area contributed by atoms with Gasteiger partial charge < -0.3 is 64.9 Å². The molecule has 0 aromatic heterocycles. The van der Waals surface area contributed by atoms with Crippen LogP contribution in [0.1, 0.15) is 70.6 Å². The molecule has 48 heavy (non-hydrogen) atoms.